The third-order valence-electron chi connectivity index (χ3n) is 9.70. The van der Waals surface area contributed by atoms with E-state index in [0.29, 0.717) is 24.9 Å². The van der Waals surface area contributed by atoms with Crippen molar-refractivity contribution in [3.05, 3.63) is 71.0 Å². The minimum Gasteiger partial charge on any atom is -0.477 e. The Morgan fingerprint density at radius 1 is 1.00 bits per heavy atom. The normalized spacial score (nSPS) is 25.3. The molecule has 13 heteroatoms. The zero-order valence-electron chi connectivity index (χ0n) is 30.1. The lowest BCUT2D eigenvalue weighted by Gasteiger charge is -2.61. The summed E-state index contributed by atoms with van der Waals surface area (Å²) >= 11 is 0. The fourth-order valence-corrected chi connectivity index (χ4v) is 7.69. The zero-order chi connectivity index (χ0) is 36.9. The van der Waals surface area contributed by atoms with Gasteiger partial charge in [-0.05, 0) is 85.7 Å². The van der Waals surface area contributed by atoms with E-state index in [-0.39, 0.29) is 42.7 Å². The van der Waals surface area contributed by atoms with E-state index in [9.17, 15) is 24.3 Å². The van der Waals surface area contributed by atoms with E-state index in [0.717, 1.165) is 11.1 Å². The summed E-state index contributed by atoms with van der Waals surface area (Å²) in [5, 5.41) is 15.1. The van der Waals surface area contributed by atoms with Crippen LogP contribution in [0, 0.1) is 0 Å². The highest BCUT2D eigenvalue weighted by atomic mass is 16.7. The molecule has 5 atom stereocenters. The van der Waals surface area contributed by atoms with Gasteiger partial charge in [0.05, 0.1) is 17.4 Å². The molecule has 2 N–H and O–H groups in total. The largest absolute Gasteiger partial charge is 0.514 e. The first-order chi connectivity index (χ1) is 23.9. The summed E-state index contributed by atoms with van der Waals surface area (Å²) in [5.74, 6) is -1.03. The van der Waals surface area contributed by atoms with Crippen molar-refractivity contribution in [2.75, 3.05) is 20.1 Å². The summed E-state index contributed by atoms with van der Waals surface area (Å²) in [4.78, 5) is 54.0. The predicted molar refractivity (Wildman–Crippen MR) is 182 cm³/mol. The highest BCUT2D eigenvalue weighted by Gasteiger charge is 2.72. The number of likely N-dealkylation sites (N-methyl/N-ethyl adjacent to an activating group) is 1. The molecule has 2 aliphatic carbocycles. The summed E-state index contributed by atoms with van der Waals surface area (Å²) in [5.41, 5.74) is -1.78. The van der Waals surface area contributed by atoms with Gasteiger partial charge >= 0.3 is 24.2 Å². The smallest absolute Gasteiger partial charge is 0.477 e. The van der Waals surface area contributed by atoms with Crippen LogP contribution in [0.3, 0.4) is 0 Å². The van der Waals surface area contributed by atoms with Crippen LogP contribution >= 0.6 is 0 Å². The number of esters is 2. The molecule has 274 valence electrons. The van der Waals surface area contributed by atoms with E-state index in [1.54, 1.807) is 84.0 Å². The number of alkyl carbamates (subject to hydrolysis) is 1. The molecule has 1 saturated heterocycles. The number of piperidine rings is 1. The van der Waals surface area contributed by atoms with Gasteiger partial charge in [-0.2, -0.15) is 0 Å². The third kappa shape index (κ3) is 6.88. The number of ether oxygens (including phenoxy) is 6. The third-order valence-corrected chi connectivity index (χ3v) is 9.70. The first kappa shape index (κ1) is 36.2. The minimum absolute atomic E-state index is 0.0730. The van der Waals surface area contributed by atoms with E-state index in [2.05, 4.69) is 10.2 Å². The van der Waals surface area contributed by atoms with Crippen molar-refractivity contribution in [1.29, 1.82) is 0 Å². The van der Waals surface area contributed by atoms with Gasteiger partial charge in [0.2, 0.25) is 6.10 Å². The quantitative estimate of drug-likeness (QED) is 0.215. The summed E-state index contributed by atoms with van der Waals surface area (Å²) in [7, 11) is 1.98. The molecule has 1 fully saturated rings. The maximum atomic E-state index is 14.0. The number of nitrogens with zero attached hydrogens (tertiary/aromatic N) is 1. The van der Waals surface area contributed by atoms with Gasteiger partial charge in [-0.15, -0.1) is 0 Å². The second kappa shape index (κ2) is 13.2. The minimum atomic E-state index is -1.44. The number of amides is 1. The van der Waals surface area contributed by atoms with Gasteiger partial charge in [0.1, 0.15) is 17.0 Å². The van der Waals surface area contributed by atoms with Crippen molar-refractivity contribution in [1.82, 2.24) is 10.2 Å². The SMILES string of the molecule is CN1CC[C@]23c4c5ccc(OC(=O)OC(C)(C)C)c4O[C@H]2C(OC(=O)[C@@H](OC(=O)CCNC(=O)OC(C)(C)C)c2ccccc2)=CC[C@@]3(O)[C@H]1C5. The van der Waals surface area contributed by atoms with Gasteiger partial charge in [0.15, 0.2) is 17.6 Å². The average molecular weight is 707 g/mol. The van der Waals surface area contributed by atoms with Crippen LogP contribution in [0.1, 0.15) is 83.6 Å². The highest BCUT2D eigenvalue weighted by Crippen LogP contribution is 2.65. The van der Waals surface area contributed by atoms with Crippen molar-refractivity contribution in [3.8, 4) is 11.5 Å². The number of likely N-dealkylation sites (tertiary alicyclic amines) is 1. The molecule has 2 aliphatic heterocycles. The topological polar surface area (TPSA) is 159 Å². The van der Waals surface area contributed by atoms with Crippen LogP contribution in [0.5, 0.6) is 11.5 Å². The second-order valence-corrected chi connectivity index (χ2v) is 15.5. The lowest BCUT2D eigenvalue weighted by atomic mass is 9.50. The summed E-state index contributed by atoms with van der Waals surface area (Å²) in [6.07, 6.45) is -1.39. The molecule has 0 aromatic heterocycles. The molecule has 13 nitrogen and oxygen atoms in total. The number of benzene rings is 2. The number of rotatable bonds is 8. The van der Waals surface area contributed by atoms with Crippen LogP contribution in [0.2, 0.25) is 0 Å². The van der Waals surface area contributed by atoms with Crippen LogP contribution in [-0.4, -0.2) is 83.3 Å². The molecule has 2 aromatic carbocycles. The van der Waals surface area contributed by atoms with Gasteiger partial charge in [0, 0.05) is 30.1 Å². The predicted octanol–water partition coefficient (Wildman–Crippen LogP) is 5.02. The average Bonchev–Trinajstić information content (AvgIpc) is 3.39. The number of hydrogen-bond acceptors (Lipinski definition) is 12. The number of aliphatic hydroxyl groups is 1. The van der Waals surface area contributed by atoms with E-state index >= 15 is 0 Å². The molecule has 6 rings (SSSR count). The van der Waals surface area contributed by atoms with Crippen molar-refractivity contribution in [2.45, 2.75) is 108 Å². The Morgan fingerprint density at radius 3 is 2.39 bits per heavy atom. The molecular formula is C38H46N2O11. The van der Waals surface area contributed by atoms with Gasteiger partial charge in [-0.3, -0.25) is 4.79 Å². The van der Waals surface area contributed by atoms with Crippen molar-refractivity contribution < 1.29 is 52.7 Å². The maximum absolute atomic E-state index is 14.0. The fraction of sp³-hybridized carbons (Fsp3) is 0.526. The lowest BCUT2D eigenvalue weighted by Crippen LogP contribution is -2.74. The van der Waals surface area contributed by atoms with Gasteiger partial charge in [-0.1, -0.05) is 36.4 Å². The molecule has 0 saturated carbocycles. The number of carbonyl (C=O) groups excluding carboxylic acids is 4. The first-order valence-corrected chi connectivity index (χ1v) is 17.2. The van der Waals surface area contributed by atoms with E-state index in [4.69, 9.17) is 28.4 Å². The van der Waals surface area contributed by atoms with Crippen LogP contribution in [0.25, 0.3) is 0 Å². The summed E-state index contributed by atoms with van der Waals surface area (Å²) in [6, 6.07) is 11.7. The molecule has 2 heterocycles. The molecule has 4 aliphatic rings. The molecule has 51 heavy (non-hydrogen) atoms. The standard InChI is InChI=1S/C38H46N2O11/c1-35(2,3)50-33(43)39-19-16-27(41)48-29(22-11-9-8-10-12-22)32(42)46-25-15-17-38(45)26-21-23-13-14-24(47-34(44)51-36(4,5)6)30-28(23)37(38,31(25)49-30)18-20-40(26)7/h8-15,26,29,31,45H,16-21H2,1-7H3,(H,39,43)/t26-,29+,31+,37+,38-/m1/s1. The molecule has 2 bridgehead atoms. The van der Waals surface area contributed by atoms with Crippen molar-refractivity contribution in [2.24, 2.45) is 0 Å². The zero-order valence-corrected chi connectivity index (χ0v) is 30.1. The van der Waals surface area contributed by atoms with Crippen molar-refractivity contribution in [3.63, 3.8) is 0 Å². The molecule has 0 unspecified atom stereocenters. The molecule has 1 amide bonds. The Morgan fingerprint density at radius 2 is 1.71 bits per heavy atom. The highest BCUT2D eigenvalue weighted by molar-refractivity contribution is 5.82. The van der Waals surface area contributed by atoms with Gasteiger partial charge in [0.25, 0.3) is 0 Å². The lowest BCUT2D eigenvalue weighted by molar-refractivity contribution is -0.176. The Bertz CT molecular complexity index is 1740. The Hall–Kier alpha value is -4.62. The molecular weight excluding hydrogens is 660 g/mol. The Kier molecular flexibility index (Phi) is 9.34. The number of carbonyl (C=O) groups is 4. The van der Waals surface area contributed by atoms with Gasteiger partial charge in [-0.25, -0.2) is 14.4 Å². The molecule has 1 spiro atoms. The molecule has 2 aromatic rings. The Balaban J connectivity index is 1.27. The number of hydrogen-bond donors (Lipinski definition) is 2. The van der Waals surface area contributed by atoms with E-state index in [1.165, 1.54) is 0 Å². The monoisotopic (exact) mass is 706 g/mol. The second-order valence-electron chi connectivity index (χ2n) is 15.5. The van der Waals surface area contributed by atoms with Crippen LogP contribution in [0.4, 0.5) is 9.59 Å². The van der Waals surface area contributed by atoms with Gasteiger partial charge < -0.3 is 43.7 Å². The van der Waals surface area contributed by atoms with Crippen LogP contribution in [-0.2, 0) is 40.4 Å². The maximum Gasteiger partial charge on any atom is 0.514 e. The molecule has 0 radical (unpaired) electrons. The summed E-state index contributed by atoms with van der Waals surface area (Å²) in [6.45, 7) is 10.9. The van der Waals surface area contributed by atoms with Crippen LogP contribution < -0.4 is 14.8 Å². The van der Waals surface area contributed by atoms with E-state index in [1.807, 2.05) is 13.1 Å². The van der Waals surface area contributed by atoms with Crippen LogP contribution in [0.15, 0.2) is 54.3 Å². The summed E-state index contributed by atoms with van der Waals surface area (Å²) < 4.78 is 34.6. The first-order valence-electron chi connectivity index (χ1n) is 17.2. The Labute approximate surface area is 297 Å². The van der Waals surface area contributed by atoms with Crippen molar-refractivity contribution >= 4 is 24.2 Å². The fourth-order valence-electron chi connectivity index (χ4n) is 7.69. The number of nitrogens with one attached hydrogen (secondary N) is 1. The van der Waals surface area contributed by atoms with E-state index < -0.39 is 58.6 Å².